The number of nitrogens with one attached hydrogen (secondary N) is 2. The monoisotopic (exact) mass is 872 g/mol. The summed E-state index contributed by atoms with van der Waals surface area (Å²) in [7, 11) is -9.56. The number of thioether (sulfide) groups is 2. The molecule has 56 heavy (non-hydrogen) atoms. The van der Waals surface area contributed by atoms with Crippen LogP contribution in [0.5, 0.6) is 0 Å². The van der Waals surface area contributed by atoms with Crippen LogP contribution in [-0.2, 0) is 49.0 Å². The number of carboxylic acid groups (broad SMARTS) is 2. The zero-order valence-electron chi connectivity index (χ0n) is 30.7. The second-order valence-electron chi connectivity index (χ2n) is 13.7. The maximum Gasteiger partial charge on any atom is 1.00 e. The third kappa shape index (κ3) is 9.31. The summed E-state index contributed by atoms with van der Waals surface area (Å²) in [5.41, 5.74) is 0.0984. The first kappa shape index (κ1) is 48.2. The third-order valence-corrected chi connectivity index (χ3v) is 14.5. The van der Waals surface area contributed by atoms with Crippen LogP contribution in [0, 0.1) is 0 Å². The minimum Gasteiger partial charge on any atom is -0.548 e. The van der Waals surface area contributed by atoms with E-state index in [-0.39, 0.29) is 70.2 Å². The normalized spacial score (nSPS) is 26.5. The molecular weight excluding hydrogens is 839 g/mol. The molecule has 0 aromatic heterocycles. The molecule has 0 aliphatic carbocycles. The predicted octanol–water partition coefficient (Wildman–Crippen LogP) is -8.17. The molecule has 4 aliphatic rings. The van der Waals surface area contributed by atoms with Gasteiger partial charge in [0.2, 0.25) is 23.6 Å². The van der Waals surface area contributed by atoms with Crippen molar-refractivity contribution in [2.45, 2.75) is 82.6 Å². The van der Waals surface area contributed by atoms with Crippen LogP contribution in [0.15, 0.2) is 60.7 Å². The van der Waals surface area contributed by atoms with Gasteiger partial charge in [0.25, 0.3) is 20.2 Å². The Morgan fingerprint density at radius 1 is 0.643 bits per heavy atom. The molecule has 292 valence electrons. The molecule has 4 aliphatic heterocycles. The molecule has 6 rings (SSSR count). The molecule has 24 heteroatoms. The molecule has 4 saturated heterocycles. The Balaban J connectivity index is 0.000000290. The van der Waals surface area contributed by atoms with Gasteiger partial charge in [0.05, 0.1) is 24.0 Å². The van der Waals surface area contributed by atoms with E-state index in [9.17, 15) is 64.9 Å². The molecule has 0 bridgehead atoms. The Morgan fingerprint density at radius 3 is 1.18 bits per heavy atom. The van der Waals surface area contributed by atoms with Gasteiger partial charge in [-0.1, -0.05) is 60.7 Å². The second-order valence-corrected chi connectivity index (χ2v) is 20.3. The molecule has 0 spiro atoms. The Bertz CT molecular complexity index is 1960. The van der Waals surface area contributed by atoms with Crippen molar-refractivity contribution in [1.82, 2.24) is 20.4 Å². The summed E-state index contributed by atoms with van der Waals surface area (Å²) >= 11 is 2.36. The Kier molecular flexibility index (Phi) is 15.1. The van der Waals surface area contributed by atoms with Gasteiger partial charge in [-0.15, -0.1) is 23.5 Å². The molecule has 2 aromatic carbocycles. The van der Waals surface area contributed by atoms with Crippen molar-refractivity contribution in [3.63, 3.8) is 0 Å². The average Bonchev–Trinajstić information content (AvgIpc) is 3.47. The number of hydrogen-bond donors (Lipinski definition) is 4. The molecule has 4 amide bonds. The minimum absolute atomic E-state index is 0. The fourth-order valence-electron chi connectivity index (χ4n) is 6.88. The second kappa shape index (κ2) is 17.6. The maximum absolute atomic E-state index is 12.5. The summed E-state index contributed by atoms with van der Waals surface area (Å²) in [5, 5.41) is 22.4. The van der Waals surface area contributed by atoms with Crippen molar-refractivity contribution < 1.29 is 124 Å². The summed E-state index contributed by atoms with van der Waals surface area (Å²) in [4.78, 5) is 74.9. The van der Waals surface area contributed by atoms with Crippen molar-refractivity contribution in [2.75, 3.05) is 0 Å². The number of rotatable bonds is 10. The largest absolute Gasteiger partial charge is 1.00 e. The zero-order chi connectivity index (χ0) is 40.3. The number of fused-ring (bicyclic) bond motifs is 2. The van der Waals surface area contributed by atoms with Crippen LogP contribution in [0.25, 0.3) is 0 Å². The average molecular weight is 873 g/mol. The van der Waals surface area contributed by atoms with Crippen LogP contribution in [0.2, 0.25) is 0 Å². The molecule has 8 atom stereocenters. The van der Waals surface area contributed by atoms with Gasteiger partial charge in [-0.25, -0.2) is 0 Å². The minimum atomic E-state index is -4.78. The molecule has 0 radical (unpaired) electrons. The summed E-state index contributed by atoms with van der Waals surface area (Å²) < 4.78 is 64.2. The van der Waals surface area contributed by atoms with Gasteiger partial charge in [-0.05, 0) is 38.8 Å². The molecule has 2 unspecified atom stereocenters. The molecule has 4 heterocycles. The van der Waals surface area contributed by atoms with E-state index in [1.54, 1.807) is 39.8 Å². The van der Waals surface area contributed by atoms with E-state index in [2.05, 4.69) is 10.6 Å². The van der Waals surface area contributed by atoms with Gasteiger partial charge in [0.1, 0.15) is 22.8 Å². The molecule has 18 nitrogen and oxygen atoms in total. The van der Waals surface area contributed by atoms with Gasteiger partial charge in [0, 0.05) is 9.49 Å². The van der Waals surface area contributed by atoms with E-state index in [4.69, 9.17) is 0 Å². The fourth-order valence-corrected chi connectivity index (χ4v) is 11.8. The zero-order valence-corrected chi connectivity index (χ0v) is 38.0. The van der Waals surface area contributed by atoms with Gasteiger partial charge in [-0.2, -0.15) is 16.8 Å². The molecule has 4 N–H and O–H groups in total. The van der Waals surface area contributed by atoms with Crippen LogP contribution in [0.4, 0.5) is 0 Å². The van der Waals surface area contributed by atoms with E-state index in [1.807, 2.05) is 0 Å². The van der Waals surface area contributed by atoms with Crippen LogP contribution >= 0.6 is 23.5 Å². The summed E-state index contributed by atoms with van der Waals surface area (Å²) in [5.74, 6) is -6.18. The van der Waals surface area contributed by atoms with Crippen LogP contribution in [0.1, 0.15) is 49.3 Å². The number of amides is 4. The molecule has 0 saturated carbocycles. The maximum atomic E-state index is 12.5. The Morgan fingerprint density at radius 2 is 0.929 bits per heavy atom. The van der Waals surface area contributed by atoms with E-state index in [1.165, 1.54) is 72.1 Å². The third-order valence-electron chi connectivity index (χ3n) is 9.20. The summed E-state index contributed by atoms with van der Waals surface area (Å²) in [6.07, 6.45) is 0. The number of hydrogen-bond acceptors (Lipinski definition) is 14. The topological polar surface area (TPSA) is 288 Å². The van der Waals surface area contributed by atoms with E-state index in [0.29, 0.717) is 0 Å². The first-order chi connectivity index (χ1) is 24.9. The molecule has 2 aromatic rings. The van der Waals surface area contributed by atoms with Crippen molar-refractivity contribution in [3.8, 4) is 0 Å². The van der Waals surface area contributed by atoms with Crippen molar-refractivity contribution in [3.05, 3.63) is 71.8 Å². The number of carboxylic acids is 2. The van der Waals surface area contributed by atoms with Crippen molar-refractivity contribution in [1.29, 1.82) is 0 Å². The fraction of sp³-hybridized carbons (Fsp3) is 0.438. The number of β-lactam (4-membered cyclic amide) rings is 2. The molecule has 4 fully saturated rings. The van der Waals surface area contributed by atoms with Crippen LogP contribution < -0.4 is 80.0 Å². The van der Waals surface area contributed by atoms with Gasteiger partial charge in [-0.3, -0.25) is 28.3 Å². The van der Waals surface area contributed by atoms with Gasteiger partial charge < -0.3 is 40.2 Å². The SMILES string of the molecule is CC1(C)S[C@@H]2[C@H](NC(=O)C(c3ccccc3)S(=O)(=O)O)C(=O)N2[C@H]1C(=O)[O-].CC1(C)S[C@@H]2[C@H](NC(=O)C(c3ccccc3)S(=O)(=O)O)C(=O)N2[C@H]1C(=O)[O-].[Na+].[Na+]. The first-order valence-electron chi connectivity index (χ1n) is 15.9. The standard InChI is InChI=1S/2C16H18N2O7S2.2Na/c2*1-16(2)11(15(21)22)18-13(20)9(14(18)26-16)17-12(19)10(27(23,24)25)8-6-4-3-5-7-8;;/h2*3-7,9-11,14H,1-2H3,(H,17,19)(H,21,22)(H,23,24,25);;/q;;2*+1/p-2/t2*9-,10?,11+,14-;;/m11../s1. The van der Waals surface area contributed by atoms with Crippen LogP contribution in [-0.4, -0.2) is 116 Å². The van der Waals surface area contributed by atoms with Crippen LogP contribution in [0.3, 0.4) is 0 Å². The van der Waals surface area contributed by atoms with Crippen molar-refractivity contribution >= 4 is 79.3 Å². The number of nitrogens with zero attached hydrogens (tertiary/aromatic N) is 2. The smallest absolute Gasteiger partial charge is 0.548 e. The van der Waals surface area contributed by atoms with Gasteiger partial charge in [0.15, 0.2) is 10.5 Å². The summed E-state index contributed by atoms with van der Waals surface area (Å²) in [6.45, 7) is 6.59. The van der Waals surface area contributed by atoms with E-state index >= 15 is 0 Å². The Hall–Kier alpha value is -2.22. The number of carbonyl (C=O) groups excluding carboxylic acids is 6. The van der Waals surface area contributed by atoms with E-state index in [0.717, 1.165) is 9.80 Å². The Labute approximate surface area is 374 Å². The van der Waals surface area contributed by atoms with Crippen molar-refractivity contribution in [2.24, 2.45) is 0 Å². The van der Waals surface area contributed by atoms with Gasteiger partial charge >= 0.3 is 59.1 Å². The predicted molar refractivity (Wildman–Crippen MR) is 188 cm³/mol. The first-order valence-corrected chi connectivity index (χ1v) is 20.7. The number of benzene rings is 2. The quantitative estimate of drug-likeness (QED) is 0.0980. The molecular formula is C32H34N4Na2O14S4. The summed E-state index contributed by atoms with van der Waals surface area (Å²) in [6, 6.07) is 10.3. The van der Waals surface area contributed by atoms with E-state index < -0.39 is 111 Å². The number of carbonyl (C=O) groups is 6. The number of aliphatic carboxylic acids is 2.